The molecule has 100 valence electrons. The van der Waals surface area contributed by atoms with Gasteiger partial charge in [0.25, 0.3) is 0 Å². The number of hydrogen-bond donors (Lipinski definition) is 3. The lowest BCUT2D eigenvalue weighted by Gasteiger charge is -2.25. The summed E-state index contributed by atoms with van der Waals surface area (Å²) < 4.78 is 0. The minimum absolute atomic E-state index is 0.0380. The summed E-state index contributed by atoms with van der Waals surface area (Å²) in [7, 11) is 0. The lowest BCUT2D eigenvalue weighted by molar-refractivity contribution is 0.337. The van der Waals surface area contributed by atoms with Crippen LogP contribution in [0.25, 0.3) is 0 Å². The van der Waals surface area contributed by atoms with Crippen LogP contribution in [0.15, 0.2) is 18.2 Å². The van der Waals surface area contributed by atoms with E-state index < -0.39 is 0 Å². The molecule has 1 aromatic carbocycles. The van der Waals surface area contributed by atoms with E-state index in [1.54, 1.807) is 18.2 Å². The van der Waals surface area contributed by atoms with Crippen LogP contribution in [-0.2, 0) is 0 Å². The molecule has 0 aliphatic heterocycles. The van der Waals surface area contributed by atoms with Crippen molar-refractivity contribution in [1.82, 2.24) is 5.32 Å². The zero-order chi connectivity index (χ0) is 13.3. The van der Waals surface area contributed by atoms with E-state index >= 15 is 0 Å². The summed E-state index contributed by atoms with van der Waals surface area (Å²) in [6, 6.07) is 5.32. The van der Waals surface area contributed by atoms with Crippen LogP contribution in [0, 0.1) is 11.8 Å². The average molecular weight is 249 g/mol. The zero-order valence-electron chi connectivity index (χ0n) is 11.4. The molecule has 3 N–H and O–H groups in total. The van der Waals surface area contributed by atoms with Gasteiger partial charge < -0.3 is 15.5 Å². The Balaban J connectivity index is 2.10. The monoisotopic (exact) mass is 249 g/mol. The number of benzene rings is 1. The van der Waals surface area contributed by atoms with Gasteiger partial charge >= 0.3 is 0 Å². The average Bonchev–Trinajstić information content (AvgIpc) is 2.61. The van der Waals surface area contributed by atoms with Crippen LogP contribution in [0.5, 0.6) is 11.5 Å². The van der Waals surface area contributed by atoms with Crippen molar-refractivity contribution in [2.45, 2.75) is 45.7 Å². The van der Waals surface area contributed by atoms with Crippen molar-refractivity contribution in [2.75, 3.05) is 0 Å². The summed E-state index contributed by atoms with van der Waals surface area (Å²) in [6.45, 7) is 6.55. The molecule has 1 fully saturated rings. The first-order chi connectivity index (χ1) is 8.50. The summed E-state index contributed by atoms with van der Waals surface area (Å²) in [5.41, 5.74) is 0.601. The Hall–Kier alpha value is -1.22. The van der Waals surface area contributed by atoms with Crippen molar-refractivity contribution >= 4 is 0 Å². The summed E-state index contributed by atoms with van der Waals surface area (Å²) in [4.78, 5) is 0. The number of rotatable bonds is 3. The molecule has 1 aliphatic rings. The smallest absolute Gasteiger partial charge is 0.124 e. The fourth-order valence-corrected chi connectivity index (χ4v) is 2.99. The molecule has 0 heterocycles. The Morgan fingerprint density at radius 1 is 1.17 bits per heavy atom. The van der Waals surface area contributed by atoms with Crippen molar-refractivity contribution in [3.63, 3.8) is 0 Å². The fourth-order valence-electron chi connectivity index (χ4n) is 2.99. The normalized spacial score (nSPS) is 29.4. The van der Waals surface area contributed by atoms with Crippen molar-refractivity contribution in [2.24, 2.45) is 11.8 Å². The maximum atomic E-state index is 9.85. The van der Waals surface area contributed by atoms with Gasteiger partial charge in [0.15, 0.2) is 0 Å². The van der Waals surface area contributed by atoms with Crippen molar-refractivity contribution < 1.29 is 10.2 Å². The van der Waals surface area contributed by atoms with E-state index in [4.69, 9.17) is 0 Å². The maximum Gasteiger partial charge on any atom is 0.124 e. The van der Waals surface area contributed by atoms with E-state index in [1.165, 1.54) is 12.8 Å². The van der Waals surface area contributed by atoms with Crippen LogP contribution >= 0.6 is 0 Å². The highest BCUT2D eigenvalue weighted by Gasteiger charge is 2.31. The quantitative estimate of drug-likeness (QED) is 0.771. The van der Waals surface area contributed by atoms with E-state index in [-0.39, 0.29) is 17.5 Å². The van der Waals surface area contributed by atoms with Crippen LogP contribution in [0.2, 0.25) is 0 Å². The second-order valence-electron chi connectivity index (χ2n) is 5.62. The van der Waals surface area contributed by atoms with Gasteiger partial charge in [-0.3, -0.25) is 0 Å². The molecule has 0 bridgehead atoms. The van der Waals surface area contributed by atoms with Gasteiger partial charge in [0.2, 0.25) is 0 Å². The summed E-state index contributed by atoms with van der Waals surface area (Å²) in [5, 5.41) is 23.2. The molecule has 0 amide bonds. The Morgan fingerprint density at radius 2 is 1.78 bits per heavy atom. The molecule has 0 spiro atoms. The van der Waals surface area contributed by atoms with Gasteiger partial charge in [-0.05, 0) is 43.7 Å². The predicted octanol–water partition coefficient (Wildman–Crippen LogP) is 3.18. The third-order valence-corrected chi connectivity index (χ3v) is 4.42. The third kappa shape index (κ3) is 2.46. The molecule has 1 aliphatic carbocycles. The van der Waals surface area contributed by atoms with Crippen LogP contribution < -0.4 is 5.32 Å². The molecular formula is C15H23NO2. The molecule has 18 heavy (non-hydrogen) atoms. The highest BCUT2D eigenvalue weighted by molar-refractivity contribution is 5.44. The van der Waals surface area contributed by atoms with Gasteiger partial charge in [-0.25, -0.2) is 0 Å². The van der Waals surface area contributed by atoms with E-state index in [1.807, 2.05) is 6.92 Å². The van der Waals surface area contributed by atoms with E-state index in [0.29, 0.717) is 17.5 Å². The minimum Gasteiger partial charge on any atom is -0.507 e. The lowest BCUT2D eigenvalue weighted by Crippen LogP contribution is -2.34. The highest BCUT2D eigenvalue weighted by atomic mass is 16.3. The molecule has 0 saturated heterocycles. The number of nitrogens with one attached hydrogen (secondary N) is 1. The standard InChI is InChI=1S/C15H23NO2/c1-9-7-8-12(10(9)2)16-11(3)15-13(17)5-4-6-14(15)18/h4-6,9-12,16-18H,7-8H2,1-3H3. The summed E-state index contributed by atoms with van der Waals surface area (Å²) in [6.07, 6.45) is 2.42. The largest absolute Gasteiger partial charge is 0.507 e. The van der Waals surface area contributed by atoms with Crippen LogP contribution in [0.1, 0.15) is 45.2 Å². The van der Waals surface area contributed by atoms with Gasteiger partial charge in [0, 0.05) is 12.1 Å². The SMILES string of the molecule is CC(NC1CCC(C)C1C)c1c(O)cccc1O. The number of hydrogen-bond acceptors (Lipinski definition) is 3. The van der Waals surface area contributed by atoms with Gasteiger partial charge in [0.05, 0.1) is 5.56 Å². The second kappa shape index (κ2) is 5.19. The van der Waals surface area contributed by atoms with Gasteiger partial charge in [-0.1, -0.05) is 19.9 Å². The molecule has 1 saturated carbocycles. The number of phenols is 2. The Bertz CT molecular complexity index is 399. The van der Waals surface area contributed by atoms with Crippen LogP contribution in [0.4, 0.5) is 0 Å². The molecule has 1 aromatic rings. The maximum absolute atomic E-state index is 9.85. The first kappa shape index (κ1) is 13.2. The fraction of sp³-hybridized carbons (Fsp3) is 0.600. The summed E-state index contributed by atoms with van der Waals surface area (Å²) in [5.74, 6) is 1.70. The number of aromatic hydroxyl groups is 2. The molecule has 3 heteroatoms. The molecular weight excluding hydrogens is 226 g/mol. The molecule has 3 nitrogen and oxygen atoms in total. The van der Waals surface area contributed by atoms with Crippen molar-refractivity contribution in [3.8, 4) is 11.5 Å². The zero-order valence-corrected chi connectivity index (χ0v) is 11.4. The van der Waals surface area contributed by atoms with Gasteiger partial charge in [-0.2, -0.15) is 0 Å². The predicted molar refractivity (Wildman–Crippen MR) is 72.7 cm³/mol. The van der Waals surface area contributed by atoms with E-state index in [0.717, 1.165) is 5.92 Å². The van der Waals surface area contributed by atoms with E-state index in [2.05, 4.69) is 19.2 Å². The second-order valence-corrected chi connectivity index (χ2v) is 5.62. The van der Waals surface area contributed by atoms with E-state index in [9.17, 15) is 10.2 Å². The molecule has 4 atom stereocenters. The van der Waals surface area contributed by atoms with Gasteiger partial charge in [-0.15, -0.1) is 0 Å². The molecule has 2 rings (SSSR count). The van der Waals surface area contributed by atoms with Crippen molar-refractivity contribution in [1.29, 1.82) is 0 Å². The van der Waals surface area contributed by atoms with Crippen LogP contribution in [0.3, 0.4) is 0 Å². The summed E-state index contributed by atoms with van der Waals surface area (Å²) >= 11 is 0. The topological polar surface area (TPSA) is 52.5 Å². The molecule has 0 aromatic heterocycles. The highest BCUT2D eigenvalue weighted by Crippen LogP contribution is 2.36. The Labute approximate surface area is 109 Å². The first-order valence-electron chi connectivity index (χ1n) is 6.77. The number of phenolic OH excluding ortho intramolecular Hbond substituents is 2. The van der Waals surface area contributed by atoms with Crippen molar-refractivity contribution in [3.05, 3.63) is 23.8 Å². The third-order valence-electron chi connectivity index (χ3n) is 4.42. The van der Waals surface area contributed by atoms with Gasteiger partial charge in [0.1, 0.15) is 11.5 Å². The Morgan fingerprint density at radius 3 is 2.28 bits per heavy atom. The first-order valence-corrected chi connectivity index (χ1v) is 6.77. The van der Waals surface area contributed by atoms with Crippen LogP contribution in [-0.4, -0.2) is 16.3 Å². The molecule has 4 unspecified atom stereocenters. The Kier molecular flexibility index (Phi) is 3.81. The molecule has 0 radical (unpaired) electrons. The lowest BCUT2D eigenvalue weighted by atomic mass is 9.96. The minimum atomic E-state index is -0.0380.